The highest BCUT2D eigenvalue weighted by Crippen LogP contribution is 2.22. The zero-order valence-electron chi connectivity index (χ0n) is 12.1. The number of nitrogens with one attached hydrogen (secondary N) is 1. The van der Waals surface area contributed by atoms with Crippen molar-refractivity contribution in [3.63, 3.8) is 0 Å². The molecule has 20 heavy (non-hydrogen) atoms. The number of carbonyl (C=O) groups is 2. The summed E-state index contributed by atoms with van der Waals surface area (Å²) in [6.07, 6.45) is 7.63. The molecule has 1 atom stereocenters. The van der Waals surface area contributed by atoms with Crippen molar-refractivity contribution in [2.45, 2.75) is 57.0 Å². The molecule has 1 unspecified atom stereocenters. The average molecular weight is 279 g/mol. The van der Waals surface area contributed by atoms with Crippen LogP contribution in [0.2, 0.25) is 0 Å². The minimum absolute atomic E-state index is 0.0793. The Bertz CT molecular complexity index is 375. The third kappa shape index (κ3) is 3.32. The van der Waals surface area contributed by atoms with Gasteiger partial charge in [0.1, 0.15) is 0 Å². The van der Waals surface area contributed by atoms with Crippen LogP contribution in [0.5, 0.6) is 0 Å². The van der Waals surface area contributed by atoms with Gasteiger partial charge in [-0.2, -0.15) is 0 Å². The number of hydrogen-bond donors (Lipinski definition) is 1. The predicted octanol–water partition coefficient (Wildman–Crippen LogP) is 0.742. The Morgan fingerprint density at radius 3 is 2.40 bits per heavy atom. The second-order valence-corrected chi connectivity index (χ2v) is 6.35. The van der Waals surface area contributed by atoms with Gasteiger partial charge >= 0.3 is 0 Å². The second-order valence-electron chi connectivity index (χ2n) is 6.35. The first kappa shape index (κ1) is 13.9. The molecule has 2 amide bonds. The van der Waals surface area contributed by atoms with E-state index < -0.39 is 0 Å². The summed E-state index contributed by atoms with van der Waals surface area (Å²) in [4.78, 5) is 28.5. The second kappa shape index (κ2) is 6.12. The van der Waals surface area contributed by atoms with E-state index in [9.17, 15) is 9.59 Å². The zero-order valence-corrected chi connectivity index (χ0v) is 12.1. The lowest BCUT2D eigenvalue weighted by Crippen LogP contribution is -2.49. The topological polar surface area (TPSA) is 52.7 Å². The maximum absolute atomic E-state index is 12.3. The van der Waals surface area contributed by atoms with E-state index in [1.54, 1.807) is 0 Å². The van der Waals surface area contributed by atoms with Crippen LogP contribution in [-0.2, 0) is 9.59 Å². The number of rotatable bonds is 4. The van der Waals surface area contributed by atoms with Gasteiger partial charge in [-0.3, -0.25) is 14.5 Å². The molecule has 0 aromatic heterocycles. The van der Waals surface area contributed by atoms with Crippen LogP contribution in [0.25, 0.3) is 0 Å². The number of amides is 2. The Hall–Kier alpha value is -1.10. The molecule has 0 aromatic carbocycles. The summed E-state index contributed by atoms with van der Waals surface area (Å²) in [5, 5.41) is 3.07. The van der Waals surface area contributed by atoms with Gasteiger partial charge in [0.15, 0.2) is 0 Å². The molecule has 1 saturated carbocycles. The number of hydrogen-bond acceptors (Lipinski definition) is 3. The van der Waals surface area contributed by atoms with Crippen LogP contribution in [-0.4, -0.2) is 59.9 Å². The molecule has 1 N–H and O–H groups in total. The largest absolute Gasteiger partial charge is 0.352 e. The molecule has 2 aliphatic heterocycles. The maximum atomic E-state index is 12.3. The van der Waals surface area contributed by atoms with Crippen LogP contribution in [0.4, 0.5) is 0 Å². The quantitative estimate of drug-likeness (QED) is 0.826. The minimum Gasteiger partial charge on any atom is -0.352 e. The summed E-state index contributed by atoms with van der Waals surface area (Å²) < 4.78 is 0. The lowest BCUT2D eigenvalue weighted by atomic mass is 10.1. The summed E-state index contributed by atoms with van der Waals surface area (Å²) in [7, 11) is 0. The Morgan fingerprint density at radius 1 is 0.950 bits per heavy atom. The van der Waals surface area contributed by atoms with E-state index >= 15 is 0 Å². The Balaban J connectivity index is 1.51. The van der Waals surface area contributed by atoms with E-state index in [1.165, 1.54) is 6.42 Å². The SMILES string of the molecule is O=C(NC1CC1)C1CCCN1CC(=O)N1CCCCC1. The van der Waals surface area contributed by atoms with Gasteiger partial charge in [0.25, 0.3) is 0 Å². The van der Waals surface area contributed by atoms with Crippen molar-refractivity contribution in [2.24, 2.45) is 0 Å². The lowest BCUT2D eigenvalue weighted by Gasteiger charge is -2.30. The van der Waals surface area contributed by atoms with Crippen molar-refractivity contribution < 1.29 is 9.59 Å². The fourth-order valence-electron chi connectivity index (χ4n) is 3.25. The Labute approximate surface area is 120 Å². The summed E-state index contributed by atoms with van der Waals surface area (Å²) >= 11 is 0. The summed E-state index contributed by atoms with van der Waals surface area (Å²) in [6.45, 7) is 3.09. The molecule has 0 spiro atoms. The molecule has 0 aromatic rings. The number of carbonyl (C=O) groups excluding carboxylic acids is 2. The molecular weight excluding hydrogens is 254 g/mol. The first-order valence-electron chi connectivity index (χ1n) is 8.06. The molecule has 2 saturated heterocycles. The fourth-order valence-corrected chi connectivity index (χ4v) is 3.25. The van der Waals surface area contributed by atoms with Crippen molar-refractivity contribution >= 4 is 11.8 Å². The highest BCUT2D eigenvalue weighted by atomic mass is 16.2. The first-order chi connectivity index (χ1) is 9.74. The van der Waals surface area contributed by atoms with Gasteiger partial charge in [0.05, 0.1) is 12.6 Å². The molecule has 5 nitrogen and oxygen atoms in total. The first-order valence-corrected chi connectivity index (χ1v) is 8.06. The van der Waals surface area contributed by atoms with Crippen molar-refractivity contribution in [2.75, 3.05) is 26.2 Å². The van der Waals surface area contributed by atoms with E-state index in [1.807, 2.05) is 4.90 Å². The van der Waals surface area contributed by atoms with Crippen molar-refractivity contribution in [1.82, 2.24) is 15.1 Å². The normalized spacial score (nSPS) is 27.6. The van der Waals surface area contributed by atoms with Gasteiger partial charge in [0, 0.05) is 19.1 Å². The van der Waals surface area contributed by atoms with E-state index in [0.29, 0.717) is 12.6 Å². The molecule has 5 heteroatoms. The van der Waals surface area contributed by atoms with Gasteiger partial charge in [-0.1, -0.05) is 0 Å². The number of likely N-dealkylation sites (tertiary alicyclic amines) is 2. The van der Waals surface area contributed by atoms with Crippen molar-refractivity contribution in [3.05, 3.63) is 0 Å². The molecule has 3 fully saturated rings. The molecule has 1 aliphatic carbocycles. The molecule has 0 bridgehead atoms. The molecular formula is C15H25N3O2. The molecule has 2 heterocycles. The lowest BCUT2D eigenvalue weighted by molar-refractivity contribution is -0.134. The van der Waals surface area contributed by atoms with Gasteiger partial charge in [0.2, 0.25) is 11.8 Å². The van der Waals surface area contributed by atoms with E-state index in [2.05, 4.69) is 10.2 Å². The summed E-state index contributed by atoms with van der Waals surface area (Å²) in [6, 6.07) is 0.326. The van der Waals surface area contributed by atoms with E-state index in [-0.39, 0.29) is 17.9 Å². The Kier molecular flexibility index (Phi) is 4.24. The zero-order chi connectivity index (χ0) is 13.9. The van der Waals surface area contributed by atoms with Gasteiger partial charge in [-0.25, -0.2) is 0 Å². The van der Waals surface area contributed by atoms with Crippen LogP contribution in [0.15, 0.2) is 0 Å². The van der Waals surface area contributed by atoms with E-state index in [0.717, 1.165) is 58.2 Å². The van der Waals surface area contributed by atoms with Crippen molar-refractivity contribution in [1.29, 1.82) is 0 Å². The monoisotopic (exact) mass is 279 g/mol. The number of nitrogens with zero attached hydrogens (tertiary/aromatic N) is 2. The van der Waals surface area contributed by atoms with Gasteiger partial charge < -0.3 is 10.2 Å². The van der Waals surface area contributed by atoms with Crippen LogP contribution >= 0.6 is 0 Å². The molecule has 112 valence electrons. The molecule has 3 rings (SSSR count). The third-order valence-corrected chi connectivity index (χ3v) is 4.64. The van der Waals surface area contributed by atoms with Gasteiger partial charge in [-0.15, -0.1) is 0 Å². The molecule has 3 aliphatic rings. The Morgan fingerprint density at radius 2 is 1.70 bits per heavy atom. The summed E-state index contributed by atoms with van der Waals surface area (Å²) in [5.74, 6) is 0.340. The summed E-state index contributed by atoms with van der Waals surface area (Å²) in [5.41, 5.74) is 0. The smallest absolute Gasteiger partial charge is 0.237 e. The standard InChI is InChI=1S/C15H25N3O2/c19-14(17-8-2-1-3-9-17)11-18-10-4-5-13(18)15(20)16-12-6-7-12/h12-13H,1-11H2,(H,16,20). The predicted molar refractivity (Wildman–Crippen MR) is 76.2 cm³/mol. The highest BCUT2D eigenvalue weighted by Gasteiger charge is 2.35. The van der Waals surface area contributed by atoms with Crippen molar-refractivity contribution in [3.8, 4) is 0 Å². The fraction of sp³-hybridized carbons (Fsp3) is 0.867. The van der Waals surface area contributed by atoms with Crippen LogP contribution in [0, 0.1) is 0 Å². The highest BCUT2D eigenvalue weighted by molar-refractivity contribution is 5.84. The van der Waals surface area contributed by atoms with Crippen LogP contribution in [0.3, 0.4) is 0 Å². The maximum Gasteiger partial charge on any atom is 0.237 e. The van der Waals surface area contributed by atoms with Gasteiger partial charge in [-0.05, 0) is 51.5 Å². The molecule has 0 radical (unpaired) electrons. The number of piperidine rings is 1. The third-order valence-electron chi connectivity index (χ3n) is 4.64. The van der Waals surface area contributed by atoms with Crippen LogP contribution in [0.1, 0.15) is 44.9 Å². The average Bonchev–Trinajstić information content (AvgIpc) is 3.15. The van der Waals surface area contributed by atoms with E-state index in [4.69, 9.17) is 0 Å². The minimum atomic E-state index is -0.0793. The van der Waals surface area contributed by atoms with Crippen LogP contribution < -0.4 is 5.32 Å².